The number of hydroxylamine groups is 1. The quantitative estimate of drug-likeness (QED) is 0.446. The first-order chi connectivity index (χ1) is 5.72. The molecule has 0 saturated heterocycles. The normalized spacial score (nSPS) is 9.83. The lowest BCUT2D eigenvalue weighted by molar-refractivity contribution is -0.126. The predicted molar refractivity (Wildman–Crippen MR) is 49.7 cm³/mol. The third-order valence-electron chi connectivity index (χ3n) is 1.18. The minimum absolute atomic E-state index is 0.260. The van der Waals surface area contributed by atoms with Gasteiger partial charge in [-0.05, 0) is 23.9 Å². The molecule has 2 N–H and O–H groups in total. The average Bonchev–Trinajstić information content (AvgIpc) is 2.47. The van der Waals surface area contributed by atoms with Gasteiger partial charge in [-0.15, -0.1) is 23.1 Å². The Bertz CT molecular complexity index is 272. The summed E-state index contributed by atoms with van der Waals surface area (Å²) in [6, 6.07) is 2.01. The summed E-state index contributed by atoms with van der Waals surface area (Å²) in [7, 11) is 0. The molecule has 1 heterocycles. The van der Waals surface area contributed by atoms with Crippen LogP contribution in [0.2, 0.25) is 0 Å². The minimum atomic E-state index is -0.369. The van der Waals surface area contributed by atoms with Crippen LogP contribution in [0.4, 0.5) is 0 Å². The first-order valence-electron chi connectivity index (χ1n) is 3.33. The lowest BCUT2D eigenvalue weighted by Crippen LogP contribution is -2.20. The Labute approximate surface area is 78.7 Å². The molecular weight excluding hydrogens is 194 g/mol. The topological polar surface area (TPSA) is 49.3 Å². The average molecular weight is 203 g/mol. The standard InChI is InChI=1S/C7H9NO2S2/c1-5-2-7(11-3-5)12-4-6(9)8-10/h2-3,10H,4H2,1H3,(H,8,9). The van der Waals surface area contributed by atoms with Crippen molar-refractivity contribution in [2.45, 2.75) is 11.1 Å². The van der Waals surface area contributed by atoms with Crippen molar-refractivity contribution >= 4 is 29.0 Å². The summed E-state index contributed by atoms with van der Waals surface area (Å²) < 4.78 is 1.09. The van der Waals surface area contributed by atoms with E-state index in [4.69, 9.17) is 5.21 Å². The number of rotatable bonds is 3. The monoisotopic (exact) mass is 203 g/mol. The highest BCUT2D eigenvalue weighted by molar-refractivity contribution is 8.01. The maximum Gasteiger partial charge on any atom is 0.253 e. The number of carbonyl (C=O) groups excluding carboxylic acids is 1. The zero-order chi connectivity index (χ0) is 8.97. The van der Waals surface area contributed by atoms with Gasteiger partial charge in [0.25, 0.3) is 5.91 Å². The Morgan fingerprint density at radius 3 is 3.08 bits per heavy atom. The molecule has 0 fully saturated rings. The van der Waals surface area contributed by atoms with Gasteiger partial charge >= 0.3 is 0 Å². The van der Waals surface area contributed by atoms with Gasteiger partial charge in [0.2, 0.25) is 0 Å². The number of nitrogens with one attached hydrogen (secondary N) is 1. The molecule has 0 bridgehead atoms. The summed E-state index contributed by atoms with van der Waals surface area (Å²) in [6.45, 7) is 2.01. The van der Waals surface area contributed by atoms with Crippen LogP contribution in [0.5, 0.6) is 0 Å². The fraction of sp³-hybridized carbons (Fsp3) is 0.286. The van der Waals surface area contributed by atoms with Gasteiger partial charge < -0.3 is 0 Å². The van der Waals surface area contributed by atoms with Crippen LogP contribution in [-0.4, -0.2) is 16.9 Å². The molecule has 0 aliphatic heterocycles. The van der Waals surface area contributed by atoms with E-state index in [1.807, 2.05) is 18.4 Å². The van der Waals surface area contributed by atoms with Crippen molar-refractivity contribution in [1.29, 1.82) is 0 Å². The van der Waals surface area contributed by atoms with Crippen LogP contribution in [0.25, 0.3) is 0 Å². The molecular formula is C7H9NO2S2. The molecule has 3 nitrogen and oxygen atoms in total. The summed E-state index contributed by atoms with van der Waals surface area (Å²) in [5.74, 6) is -0.109. The van der Waals surface area contributed by atoms with Gasteiger partial charge in [0.15, 0.2) is 0 Å². The summed E-state index contributed by atoms with van der Waals surface area (Å²) in [6.07, 6.45) is 0. The Balaban J connectivity index is 2.38. The number of thiophene rings is 1. The Hall–Kier alpha value is -0.520. The van der Waals surface area contributed by atoms with Crippen LogP contribution >= 0.6 is 23.1 Å². The second kappa shape index (κ2) is 4.49. The van der Waals surface area contributed by atoms with E-state index in [0.717, 1.165) is 4.21 Å². The number of hydrogen-bond donors (Lipinski definition) is 2. The van der Waals surface area contributed by atoms with Crippen molar-refractivity contribution in [3.63, 3.8) is 0 Å². The number of hydrogen-bond acceptors (Lipinski definition) is 4. The van der Waals surface area contributed by atoms with Gasteiger partial charge in [-0.25, -0.2) is 5.48 Å². The van der Waals surface area contributed by atoms with E-state index in [0.29, 0.717) is 0 Å². The van der Waals surface area contributed by atoms with E-state index in [2.05, 4.69) is 0 Å². The zero-order valence-corrected chi connectivity index (χ0v) is 8.17. The summed E-state index contributed by atoms with van der Waals surface area (Å²) >= 11 is 3.02. The fourth-order valence-electron chi connectivity index (χ4n) is 0.650. The van der Waals surface area contributed by atoms with Crippen LogP contribution in [0.15, 0.2) is 15.7 Å². The van der Waals surface area contributed by atoms with Crippen LogP contribution in [0.3, 0.4) is 0 Å². The molecule has 5 heteroatoms. The molecule has 0 aromatic carbocycles. The lowest BCUT2D eigenvalue weighted by Gasteiger charge is -1.94. The molecule has 0 radical (unpaired) electrons. The maximum atomic E-state index is 10.6. The number of aryl methyl sites for hydroxylation is 1. The fourth-order valence-corrected chi connectivity index (χ4v) is 2.47. The van der Waals surface area contributed by atoms with Crippen LogP contribution < -0.4 is 5.48 Å². The first-order valence-corrected chi connectivity index (χ1v) is 5.20. The second-order valence-corrected chi connectivity index (χ2v) is 4.45. The van der Waals surface area contributed by atoms with Gasteiger partial charge in [0.1, 0.15) is 0 Å². The highest BCUT2D eigenvalue weighted by Gasteiger charge is 2.01. The van der Waals surface area contributed by atoms with E-state index in [1.54, 1.807) is 16.8 Å². The van der Waals surface area contributed by atoms with E-state index in [9.17, 15) is 4.79 Å². The van der Waals surface area contributed by atoms with Gasteiger partial charge in [-0.3, -0.25) is 10.0 Å². The second-order valence-electron chi connectivity index (χ2n) is 2.27. The highest BCUT2D eigenvalue weighted by Crippen LogP contribution is 2.25. The highest BCUT2D eigenvalue weighted by atomic mass is 32.2. The van der Waals surface area contributed by atoms with Crippen LogP contribution in [0.1, 0.15) is 5.56 Å². The van der Waals surface area contributed by atoms with E-state index >= 15 is 0 Å². The Morgan fingerprint density at radius 2 is 2.58 bits per heavy atom. The molecule has 0 saturated carbocycles. The number of thioether (sulfide) groups is 1. The van der Waals surface area contributed by atoms with Crippen molar-refractivity contribution in [1.82, 2.24) is 5.48 Å². The van der Waals surface area contributed by atoms with Crippen LogP contribution in [-0.2, 0) is 4.79 Å². The molecule has 0 aliphatic rings. The van der Waals surface area contributed by atoms with Crippen LogP contribution in [0, 0.1) is 6.92 Å². The van der Waals surface area contributed by atoms with Crippen molar-refractivity contribution in [3.8, 4) is 0 Å². The molecule has 1 aromatic rings. The summed E-state index contributed by atoms with van der Waals surface area (Å²) in [5, 5.41) is 10.2. The molecule has 0 aliphatic carbocycles. The number of carbonyl (C=O) groups is 1. The van der Waals surface area contributed by atoms with E-state index in [-0.39, 0.29) is 11.7 Å². The van der Waals surface area contributed by atoms with Gasteiger partial charge in [-0.2, -0.15) is 0 Å². The SMILES string of the molecule is Cc1csc(SCC(=O)NO)c1. The molecule has 0 atom stereocenters. The molecule has 1 rings (SSSR count). The summed E-state index contributed by atoms with van der Waals surface area (Å²) in [4.78, 5) is 10.6. The van der Waals surface area contributed by atoms with Crippen molar-refractivity contribution in [2.75, 3.05) is 5.75 Å². The van der Waals surface area contributed by atoms with Gasteiger partial charge in [0.05, 0.1) is 9.96 Å². The third-order valence-corrected chi connectivity index (χ3v) is 3.47. The molecule has 66 valence electrons. The Kier molecular flexibility index (Phi) is 3.58. The lowest BCUT2D eigenvalue weighted by atomic mass is 10.4. The molecule has 0 spiro atoms. The van der Waals surface area contributed by atoms with Crippen molar-refractivity contribution in [2.24, 2.45) is 0 Å². The smallest absolute Gasteiger partial charge is 0.253 e. The first kappa shape index (κ1) is 9.57. The zero-order valence-electron chi connectivity index (χ0n) is 6.53. The van der Waals surface area contributed by atoms with E-state index in [1.165, 1.54) is 17.3 Å². The summed E-state index contributed by atoms with van der Waals surface area (Å²) in [5.41, 5.74) is 2.79. The molecule has 0 unspecified atom stereocenters. The minimum Gasteiger partial charge on any atom is -0.289 e. The number of amides is 1. The van der Waals surface area contributed by atoms with E-state index < -0.39 is 0 Å². The molecule has 12 heavy (non-hydrogen) atoms. The third kappa shape index (κ3) is 2.84. The Morgan fingerprint density at radius 1 is 1.83 bits per heavy atom. The molecule has 1 amide bonds. The maximum absolute atomic E-state index is 10.6. The largest absolute Gasteiger partial charge is 0.289 e. The van der Waals surface area contributed by atoms with Gasteiger partial charge in [-0.1, -0.05) is 0 Å². The predicted octanol–water partition coefficient (Wildman–Crippen LogP) is 1.65. The molecule has 1 aromatic heterocycles. The van der Waals surface area contributed by atoms with Crippen molar-refractivity contribution < 1.29 is 10.0 Å². The van der Waals surface area contributed by atoms with Gasteiger partial charge in [0, 0.05) is 0 Å². The van der Waals surface area contributed by atoms with Crippen molar-refractivity contribution in [3.05, 3.63) is 17.0 Å².